The fraction of sp³-hybridized carbons (Fsp3) is 0.438. The van der Waals surface area contributed by atoms with Crippen molar-refractivity contribution in [1.29, 1.82) is 0 Å². The van der Waals surface area contributed by atoms with E-state index in [1.54, 1.807) is 10.7 Å². The van der Waals surface area contributed by atoms with Gasteiger partial charge in [-0.25, -0.2) is 9.67 Å². The number of aliphatic hydroxyl groups is 1. The topological polar surface area (TPSA) is 80.0 Å². The summed E-state index contributed by atoms with van der Waals surface area (Å²) in [6.45, 7) is 4.27. The highest BCUT2D eigenvalue weighted by atomic mass is 35.5. The number of aromatic nitrogens is 3. The fourth-order valence-electron chi connectivity index (χ4n) is 2.05. The van der Waals surface area contributed by atoms with Crippen LogP contribution in [0, 0.1) is 5.92 Å². The van der Waals surface area contributed by atoms with Gasteiger partial charge in [0.15, 0.2) is 0 Å². The molecule has 0 radical (unpaired) electrons. The largest absolute Gasteiger partial charge is 0.396 e. The Bertz CT molecular complexity index is 672. The van der Waals surface area contributed by atoms with Crippen LogP contribution in [0.5, 0.6) is 0 Å². The van der Waals surface area contributed by atoms with E-state index < -0.39 is 0 Å². The Hall–Kier alpha value is -1.92. The fourth-order valence-corrected chi connectivity index (χ4v) is 2.27. The average molecular weight is 337 g/mol. The zero-order valence-electron chi connectivity index (χ0n) is 13.3. The summed E-state index contributed by atoms with van der Waals surface area (Å²) in [5.74, 6) is 0.438. The summed E-state index contributed by atoms with van der Waals surface area (Å²) in [6.07, 6.45) is 1.57. The standard InChI is InChI=1S/C16H21ClN4O2/c1-3-6-14-19-15(16(23)18-9-11(2)10-22)20-21(14)13-8-5-4-7-12(13)17/h4-5,7-8,11,22H,3,6,9-10H2,1-2H3,(H,18,23). The van der Waals surface area contributed by atoms with Crippen molar-refractivity contribution in [2.24, 2.45) is 5.92 Å². The average Bonchev–Trinajstić information content (AvgIpc) is 2.97. The van der Waals surface area contributed by atoms with Gasteiger partial charge in [-0.05, 0) is 24.5 Å². The van der Waals surface area contributed by atoms with Crippen LogP contribution in [0.2, 0.25) is 5.02 Å². The van der Waals surface area contributed by atoms with Gasteiger partial charge in [-0.3, -0.25) is 4.79 Å². The van der Waals surface area contributed by atoms with E-state index >= 15 is 0 Å². The summed E-state index contributed by atoms with van der Waals surface area (Å²) in [5, 5.41) is 16.6. The number of para-hydroxylation sites is 1. The number of nitrogens with zero attached hydrogens (tertiary/aromatic N) is 3. The van der Waals surface area contributed by atoms with E-state index in [4.69, 9.17) is 16.7 Å². The number of carbonyl (C=O) groups excluding carboxylic acids is 1. The van der Waals surface area contributed by atoms with Crippen molar-refractivity contribution in [1.82, 2.24) is 20.1 Å². The monoisotopic (exact) mass is 336 g/mol. The maximum atomic E-state index is 12.2. The molecule has 0 spiro atoms. The molecule has 2 aromatic rings. The molecule has 1 atom stereocenters. The molecule has 2 rings (SSSR count). The number of rotatable bonds is 7. The van der Waals surface area contributed by atoms with Gasteiger partial charge in [-0.2, -0.15) is 0 Å². The Morgan fingerprint density at radius 1 is 1.43 bits per heavy atom. The van der Waals surface area contributed by atoms with Crippen molar-refractivity contribution < 1.29 is 9.90 Å². The zero-order chi connectivity index (χ0) is 16.8. The van der Waals surface area contributed by atoms with Gasteiger partial charge in [0.1, 0.15) is 5.82 Å². The smallest absolute Gasteiger partial charge is 0.290 e. The lowest BCUT2D eigenvalue weighted by Crippen LogP contribution is -2.30. The molecule has 0 aliphatic heterocycles. The molecule has 124 valence electrons. The molecule has 7 heteroatoms. The second-order valence-electron chi connectivity index (χ2n) is 5.46. The maximum absolute atomic E-state index is 12.2. The zero-order valence-corrected chi connectivity index (χ0v) is 14.0. The van der Waals surface area contributed by atoms with Crippen molar-refractivity contribution >= 4 is 17.5 Å². The van der Waals surface area contributed by atoms with Gasteiger partial charge in [-0.15, -0.1) is 5.10 Å². The van der Waals surface area contributed by atoms with E-state index in [1.165, 1.54) is 0 Å². The Morgan fingerprint density at radius 3 is 2.83 bits per heavy atom. The van der Waals surface area contributed by atoms with Crippen molar-refractivity contribution in [3.8, 4) is 5.69 Å². The lowest BCUT2D eigenvalue weighted by atomic mass is 10.2. The van der Waals surface area contributed by atoms with Crippen LogP contribution in [0.1, 0.15) is 36.7 Å². The number of benzene rings is 1. The van der Waals surface area contributed by atoms with Crippen LogP contribution in [0.4, 0.5) is 0 Å². The lowest BCUT2D eigenvalue weighted by molar-refractivity contribution is 0.0932. The molecule has 0 fully saturated rings. The van der Waals surface area contributed by atoms with Crippen LogP contribution in [-0.4, -0.2) is 38.9 Å². The molecular formula is C16H21ClN4O2. The van der Waals surface area contributed by atoms with E-state index in [9.17, 15) is 4.79 Å². The predicted octanol–water partition coefficient (Wildman–Crippen LogP) is 2.23. The maximum Gasteiger partial charge on any atom is 0.290 e. The molecule has 0 bridgehead atoms. The Kier molecular flexibility index (Phi) is 6.12. The molecule has 1 aromatic carbocycles. The van der Waals surface area contributed by atoms with E-state index in [0.717, 1.165) is 6.42 Å². The molecule has 0 aliphatic carbocycles. The van der Waals surface area contributed by atoms with Gasteiger partial charge < -0.3 is 10.4 Å². The van der Waals surface area contributed by atoms with Crippen LogP contribution in [0.3, 0.4) is 0 Å². The first kappa shape index (κ1) is 17.4. The third-order valence-electron chi connectivity index (χ3n) is 3.35. The number of amides is 1. The highest BCUT2D eigenvalue weighted by Crippen LogP contribution is 2.21. The summed E-state index contributed by atoms with van der Waals surface area (Å²) in [5.41, 5.74) is 0.702. The highest BCUT2D eigenvalue weighted by Gasteiger charge is 2.18. The van der Waals surface area contributed by atoms with E-state index in [1.807, 2.05) is 32.0 Å². The van der Waals surface area contributed by atoms with Gasteiger partial charge in [0.25, 0.3) is 5.91 Å². The number of carbonyl (C=O) groups is 1. The molecule has 0 aliphatic rings. The van der Waals surface area contributed by atoms with Crippen molar-refractivity contribution in [2.75, 3.05) is 13.2 Å². The van der Waals surface area contributed by atoms with Crippen molar-refractivity contribution in [3.63, 3.8) is 0 Å². The molecule has 2 N–H and O–H groups in total. The minimum Gasteiger partial charge on any atom is -0.396 e. The van der Waals surface area contributed by atoms with Crippen LogP contribution in [-0.2, 0) is 6.42 Å². The number of halogens is 1. The predicted molar refractivity (Wildman–Crippen MR) is 88.9 cm³/mol. The summed E-state index contributed by atoms with van der Waals surface area (Å²) in [6, 6.07) is 7.32. The summed E-state index contributed by atoms with van der Waals surface area (Å²) in [4.78, 5) is 16.5. The normalized spacial score (nSPS) is 12.2. The van der Waals surface area contributed by atoms with Crippen molar-refractivity contribution in [3.05, 3.63) is 40.9 Å². The van der Waals surface area contributed by atoms with E-state index in [2.05, 4.69) is 15.4 Å². The van der Waals surface area contributed by atoms with Gasteiger partial charge in [0, 0.05) is 19.6 Å². The number of aryl methyl sites for hydroxylation is 1. The van der Waals surface area contributed by atoms with Gasteiger partial charge in [0.2, 0.25) is 5.82 Å². The number of nitrogens with one attached hydrogen (secondary N) is 1. The van der Waals surface area contributed by atoms with Crippen molar-refractivity contribution in [2.45, 2.75) is 26.7 Å². The lowest BCUT2D eigenvalue weighted by Gasteiger charge is -2.07. The summed E-state index contributed by atoms with van der Waals surface area (Å²) >= 11 is 6.22. The summed E-state index contributed by atoms with van der Waals surface area (Å²) < 4.78 is 1.62. The first-order chi connectivity index (χ1) is 11.1. The molecule has 1 amide bonds. The number of hydrogen-bond donors (Lipinski definition) is 2. The van der Waals surface area contributed by atoms with Gasteiger partial charge in [0.05, 0.1) is 10.7 Å². The highest BCUT2D eigenvalue weighted by molar-refractivity contribution is 6.32. The number of hydrogen-bond acceptors (Lipinski definition) is 4. The second kappa shape index (κ2) is 8.08. The van der Waals surface area contributed by atoms with Gasteiger partial charge in [-0.1, -0.05) is 37.6 Å². The van der Waals surface area contributed by atoms with E-state index in [0.29, 0.717) is 29.5 Å². The molecule has 23 heavy (non-hydrogen) atoms. The minimum atomic E-state index is -0.353. The molecule has 6 nitrogen and oxygen atoms in total. The molecule has 1 heterocycles. The van der Waals surface area contributed by atoms with Crippen LogP contribution >= 0.6 is 11.6 Å². The molecule has 1 aromatic heterocycles. The third kappa shape index (κ3) is 4.30. The summed E-state index contributed by atoms with van der Waals surface area (Å²) in [7, 11) is 0. The van der Waals surface area contributed by atoms with E-state index in [-0.39, 0.29) is 24.3 Å². The second-order valence-corrected chi connectivity index (χ2v) is 5.87. The Balaban J connectivity index is 2.28. The first-order valence-corrected chi connectivity index (χ1v) is 8.04. The minimum absolute atomic E-state index is 0.0142. The molecule has 1 unspecified atom stereocenters. The molecule has 0 saturated carbocycles. The Labute approximate surface area is 140 Å². The van der Waals surface area contributed by atoms with Crippen LogP contribution in [0.15, 0.2) is 24.3 Å². The van der Waals surface area contributed by atoms with Crippen LogP contribution < -0.4 is 5.32 Å². The molecular weight excluding hydrogens is 316 g/mol. The quantitative estimate of drug-likeness (QED) is 0.812. The SMILES string of the molecule is CCCc1nc(C(=O)NCC(C)CO)nn1-c1ccccc1Cl. The van der Waals surface area contributed by atoms with Gasteiger partial charge >= 0.3 is 0 Å². The van der Waals surface area contributed by atoms with Crippen LogP contribution in [0.25, 0.3) is 5.69 Å². The number of aliphatic hydroxyl groups excluding tert-OH is 1. The Morgan fingerprint density at radius 2 is 2.17 bits per heavy atom. The first-order valence-electron chi connectivity index (χ1n) is 7.66. The third-order valence-corrected chi connectivity index (χ3v) is 3.67. The molecule has 0 saturated heterocycles.